The van der Waals surface area contributed by atoms with Crippen molar-refractivity contribution in [2.24, 2.45) is 17.3 Å². The van der Waals surface area contributed by atoms with E-state index in [9.17, 15) is 22.8 Å². The van der Waals surface area contributed by atoms with Crippen LogP contribution in [0.1, 0.15) is 66.0 Å². The van der Waals surface area contributed by atoms with Crippen LogP contribution in [0.3, 0.4) is 0 Å². The van der Waals surface area contributed by atoms with Crippen molar-refractivity contribution in [3.8, 4) is 0 Å². The van der Waals surface area contributed by atoms with Crippen molar-refractivity contribution in [3.63, 3.8) is 0 Å². The maximum Gasteiger partial charge on any atom is 0.433 e. The van der Waals surface area contributed by atoms with Gasteiger partial charge in [0.25, 0.3) is 5.91 Å². The minimum Gasteiger partial charge on any atom is -0.448 e. The van der Waals surface area contributed by atoms with Crippen molar-refractivity contribution in [1.82, 2.24) is 10.3 Å². The fourth-order valence-corrected chi connectivity index (χ4v) is 5.62. The van der Waals surface area contributed by atoms with Gasteiger partial charge in [0, 0.05) is 35.0 Å². The van der Waals surface area contributed by atoms with E-state index < -0.39 is 22.9 Å². The predicted molar refractivity (Wildman–Crippen MR) is 131 cm³/mol. The number of para-hydroxylation sites is 1. The zero-order valence-electron chi connectivity index (χ0n) is 21.3. The summed E-state index contributed by atoms with van der Waals surface area (Å²) in [4.78, 5) is 29.9. The molecule has 1 aliphatic carbocycles. The van der Waals surface area contributed by atoms with Crippen LogP contribution >= 0.6 is 0 Å². The number of halogens is 3. The summed E-state index contributed by atoms with van der Waals surface area (Å²) in [6.45, 7) is 9.23. The molecule has 0 spiro atoms. The maximum absolute atomic E-state index is 13.6. The van der Waals surface area contributed by atoms with Crippen LogP contribution in [0.15, 0.2) is 30.3 Å². The molecule has 2 aliphatic rings. The highest BCUT2D eigenvalue weighted by Gasteiger charge is 2.63. The molecule has 2 N–H and O–H groups in total. The third-order valence-corrected chi connectivity index (χ3v) is 8.10. The molecule has 1 aromatic carbocycles. The summed E-state index contributed by atoms with van der Waals surface area (Å²) in [5.74, 6) is -1.23. The van der Waals surface area contributed by atoms with E-state index in [0.717, 1.165) is 25.3 Å². The third-order valence-electron chi connectivity index (χ3n) is 8.10. The molecule has 1 saturated heterocycles. The first kappa shape index (κ1) is 26.2. The topological polar surface area (TPSA) is 80.3 Å². The number of ether oxygens (including phenoxy) is 1. The zero-order chi connectivity index (χ0) is 26.5. The fourth-order valence-electron chi connectivity index (χ4n) is 5.62. The lowest BCUT2D eigenvalue weighted by molar-refractivity contribution is -0.167. The monoisotopic (exact) mass is 505 g/mol. The van der Waals surface area contributed by atoms with Gasteiger partial charge in [0.1, 0.15) is 5.69 Å². The van der Waals surface area contributed by atoms with Crippen LogP contribution in [0.2, 0.25) is 0 Å². The highest BCUT2D eigenvalue weighted by Crippen LogP contribution is 2.49. The average molecular weight is 506 g/mol. The molecule has 196 valence electrons. The van der Waals surface area contributed by atoms with Gasteiger partial charge >= 0.3 is 12.1 Å². The number of rotatable bonds is 5. The van der Waals surface area contributed by atoms with Gasteiger partial charge in [-0.3, -0.25) is 9.59 Å². The molecule has 1 saturated carbocycles. The van der Waals surface area contributed by atoms with Crippen molar-refractivity contribution in [2.45, 2.75) is 84.2 Å². The number of cyclic esters (lactones) is 1. The van der Waals surface area contributed by atoms with Crippen molar-refractivity contribution in [3.05, 3.63) is 36.0 Å². The quantitative estimate of drug-likeness (QED) is 0.509. The number of fused-ring (bicyclic) bond motifs is 1. The van der Waals surface area contributed by atoms with Crippen LogP contribution in [0.5, 0.6) is 0 Å². The number of hydrogen-bond donors (Lipinski definition) is 2. The van der Waals surface area contributed by atoms with Gasteiger partial charge in [-0.1, -0.05) is 39.0 Å². The van der Waals surface area contributed by atoms with Crippen molar-refractivity contribution in [1.29, 1.82) is 0 Å². The summed E-state index contributed by atoms with van der Waals surface area (Å²) in [6, 6.07) is 7.47. The predicted octanol–water partition coefficient (Wildman–Crippen LogP) is 5.71. The molecular weight excluding hydrogens is 471 g/mol. The maximum atomic E-state index is 13.6. The Morgan fingerprint density at radius 2 is 1.83 bits per heavy atom. The minimum atomic E-state index is -4.56. The van der Waals surface area contributed by atoms with E-state index in [1.165, 1.54) is 0 Å². The lowest BCUT2D eigenvalue weighted by Gasteiger charge is -2.38. The average Bonchev–Trinajstić information content (AvgIpc) is 2.99. The molecule has 9 heteroatoms. The summed E-state index contributed by atoms with van der Waals surface area (Å²) < 4.78 is 46.2. The van der Waals surface area contributed by atoms with Gasteiger partial charge in [0.2, 0.25) is 0 Å². The van der Waals surface area contributed by atoms with E-state index in [0.29, 0.717) is 17.5 Å². The highest BCUT2D eigenvalue weighted by atomic mass is 19.4. The molecule has 2 aromatic rings. The molecule has 4 atom stereocenters. The molecule has 2 heterocycles. The molecular formula is C27H34F3N3O3. The first-order valence-corrected chi connectivity index (χ1v) is 12.5. The van der Waals surface area contributed by atoms with Gasteiger partial charge < -0.3 is 15.4 Å². The van der Waals surface area contributed by atoms with Gasteiger partial charge in [-0.15, -0.1) is 0 Å². The number of amides is 1. The Morgan fingerprint density at radius 3 is 2.44 bits per heavy atom. The number of anilines is 1. The number of nitrogens with zero attached hydrogens (tertiary/aromatic N) is 1. The third kappa shape index (κ3) is 4.52. The molecule has 0 bridgehead atoms. The van der Waals surface area contributed by atoms with Crippen LogP contribution in [0.25, 0.3) is 10.9 Å². The number of alkyl halides is 3. The van der Waals surface area contributed by atoms with Crippen LogP contribution in [0, 0.1) is 17.3 Å². The van der Waals surface area contributed by atoms with E-state index in [2.05, 4.69) is 15.6 Å². The fraction of sp³-hybridized carbons (Fsp3) is 0.593. The number of nitrogens with one attached hydrogen (secondary N) is 2. The Kier molecular flexibility index (Phi) is 6.73. The van der Waals surface area contributed by atoms with Crippen molar-refractivity contribution < 1.29 is 27.5 Å². The van der Waals surface area contributed by atoms with Crippen LogP contribution in [-0.4, -0.2) is 34.5 Å². The molecule has 36 heavy (non-hydrogen) atoms. The molecule has 1 aliphatic heterocycles. The number of carbonyl (C=O) groups excluding carboxylic acids is 2. The lowest BCUT2D eigenvalue weighted by atomic mass is 9.68. The van der Waals surface area contributed by atoms with E-state index in [-0.39, 0.29) is 41.3 Å². The van der Waals surface area contributed by atoms with Gasteiger partial charge in [0.15, 0.2) is 5.60 Å². The molecule has 4 rings (SSSR count). The Bertz CT molecular complexity index is 1160. The highest BCUT2D eigenvalue weighted by molar-refractivity contribution is 5.94. The molecule has 1 unspecified atom stereocenters. The Morgan fingerprint density at radius 1 is 1.17 bits per heavy atom. The van der Waals surface area contributed by atoms with Crippen LogP contribution in [0.4, 0.5) is 18.9 Å². The van der Waals surface area contributed by atoms with E-state index in [1.807, 2.05) is 20.8 Å². The Labute approximate surface area is 209 Å². The Hall–Kier alpha value is -2.84. The minimum absolute atomic E-state index is 0.133. The number of pyridine rings is 1. The molecule has 6 nitrogen and oxygen atoms in total. The van der Waals surface area contributed by atoms with Gasteiger partial charge in [0.05, 0.1) is 10.9 Å². The number of aromatic nitrogens is 1. The molecule has 1 aromatic heterocycles. The SMILES string of the molecule is CC(C)[C@]1(C(=O)N[C@@H]2CCC[C@H](Nc3cc(C(F)(F)F)nc4ccccc34)C2)OC(=O)C(C)(C)C1C. The summed E-state index contributed by atoms with van der Waals surface area (Å²) in [5.41, 5.74) is -2.33. The largest absolute Gasteiger partial charge is 0.448 e. The van der Waals surface area contributed by atoms with Crippen molar-refractivity contribution >= 4 is 28.5 Å². The van der Waals surface area contributed by atoms with Gasteiger partial charge in [-0.05, 0) is 51.7 Å². The summed E-state index contributed by atoms with van der Waals surface area (Å²) in [5, 5.41) is 7.02. The zero-order valence-corrected chi connectivity index (χ0v) is 21.3. The summed E-state index contributed by atoms with van der Waals surface area (Å²) in [6.07, 6.45) is -1.71. The summed E-state index contributed by atoms with van der Waals surface area (Å²) in [7, 11) is 0. The lowest BCUT2D eigenvalue weighted by Crippen LogP contribution is -2.58. The second-order valence-corrected chi connectivity index (χ2v) is 11.0. The smallest absolute Gasteiger partial charge is 0.433 e. The first-order valence-electron chi connectivity index (χ1n) is 12.5. The van der Waals surface area contributed by atoms with Crippen LogP contribution < -0.4 is 10.6 Å². The number of hydrogen-bond acceptors (Lipinski definition) is 5. The molecule has 0 radical (unpaired) electrons. The van der Waals surface area contributed by atoms with Crippen LogP contribution in [-0.2, 0) is 20.5 Å². The van der Waals surface area contributed by atoms with E-state index >= 15 is 0 Å². The van der Waals surface area contributed by atoms with Gasteiger partial charge in [-0.2, -0.15) is 13.2 Å². The van der Waals surface area contributed by atoms with Gasteiger partial charge in [-0.25, -0.2) is 4.98 Å². The molecule has 1 amide bonds. The molecule has 2 fully saturated rings. The first-order chi connectivity index (χ1) is 16.8. The number of esters is 1. The number of benzene rings is 1. The Balaban J connectivity index is 1.53. The second-order valence-electron chi connectivity index (χ2n) is 11.0. The second kappa shape index (κ2) is 9.23. The van der Waals surface area contributed by atoms with Crippen molar-refractivity contribution in [2.75, 3.05) is 5.32 Å². The van der Waals surface area contributed by atoms with E-state index in [1.54, 1.807) is 38.1 Å². The normalized spacial score (nSPS) is 28.2. The number of carbonyl (C=O) groups is 2. The summed E-state index contributed by atoms with van der Waals surface area (Å²) >= 11 is 0. The van der Waals surface area contributed by atoms with E-state index in [4.69, 9.17) is 4.74 Å². The standard InChI is InChI=1S/C27H34F3N3O3/c1-15(2)26(16(3)25(4,5)24(35)36-26)23(34)32-18-10-8-9-17(13-18)31-21-14-22(27(28,29)30)33-20-12-7-6-11-19(20)21/h6-7,11-12,14-18H,8-10,13H2,1-5H3,(H,31,33)(H,32,34)/t16?,17-,18+,26-/m0/s1.